The average molecular weight is 719 g/mol. The van der Waals surface area contributed by atoms with Gasteiger partial charge in [-0.15, -0.1) is 0 Å². The second kappa shape index (κ2) is 11.1. The maximum Gasteiger partial charge on any atom is 0.373 e. The topological polar surface area (TPSA) is 86.0 Å². The largest absolute Gasteiger partial charge is 0.487 e. The predicted molar refractivity (Wildman–Crippen MR) is 144 cm³/mol. The molecule has 0 radical (unpaired) electrons. The molecule has 0 saturated carbocycles. The Labute approximate surface area is 231 Å². The van der Waals surface area contributed by atoms with Gasteiger partial charge >= 0.3 is 5.97 Å². The van der Waals surface area contributed by atoms with Crippen LogP contribution in [0.3, 0.4) is 0 Å². The van der Waals surface area contributed by atoms with E-state index < -0.39 is 17.1 Å². The molecule has 0 bridgehead atoms. The van der Waals surface area contributed by atoms with Crippen LogP contribution < -0.4 is 4.74 Å². The fourth-order valence-corrected chi connectivity index (χ4v) is 6.12. The van der Waals surface area contributed by atoms with E-state index in [9.17, 15) is 18.8 Å². The molecule has 0 unspecified atom stereocenters. The molecule has 0 N–H and O–H groups in total. The normalized spacial score (nSPS) is 14.6. The summed E-state index contributed by atoms with van der Waals surface area (Å²) in [6.07, 6.45) is 1.65. The van der Waals surface area contributed by atoms with Crippen molar-refractivity contribution < 1.29 is 32.7 Å². The van der Waals surface area contributed by atoms with Gasteiger partial charge in [-0.05, 0) is 111 Å². The highest BCUT2D eigenvalue weighted by Gasteiger charge is 2.36. The number of hydrogen-bond donors (Lipinski definition) is 0. The highest BCUT2D eigenvalue weighted by atomic mass is 127. The summed E-state index contributed by atoms with van der Waals surface area (Å²) in [5, 5.41) is -0.430. The SMILES string of the molecule is COC(=O)c1ccc(CN2C(=O)S/C(=C/c3cc(I)c(OCc4ccc(F)cc4)c(I)c3)C2=O)o1. The summed E-state index contributed by atoms with van der Waals surface area (Å²) in [4.78, 5) is 38.2. The number of ether oxygens (including phenoxy) is 2. The molecular weight excluding hydrogens is 703 g/mol. The second-order valence-corrected chi connectivity index (χ2v) is 10.6. The minimum Gasteiger partial charge on any atom is -0.487 e. The van der Waals surface area contributed by atoms with Gasteiger partial charge in [0.05, 0.1) is 25.7 Å². The molecule has 0 spiro atoms. The van der Waals surface area contributed by atoms with Crippen molar-refractivity contribution in [2.24, 2.45) is 0 Å². The van der Waals surface area contributed by atoms with Gasteiger partial charge in [0.15, 0.2) is 0 Å². The van der Waals surface area contributed by atoms with E-state index in [1.165, 1.54) is 31.4 Å². The number of benzene rings is 2. The van der Waals surface area contributed by atoms with E-state index in [-0.39, 0.29) is 29.6 Å². The number of nitrogens with zero attached hydrogens (tertiary/aromatic N) is 1. The van der Waals surface area contributed by atoms with E-state index in [1.807, 2.05) is 12.1 Å². The van der Waals surface area contributed by atoms with Gasteiger partial charge in [-0.1, -0.05) is 12.1 Å². The molecule has 0 atom stereocenters. The van der Waals surface area contributed by atoms with Gasteiger partial charge in [-0.3, -0.25) is 14.5 Å². The lowest BCUT2D eigenvalue weighted by Gasteiger charge is -2.12. The number of esters is 1. The second-order valence-electron chi connectivity index (χ2n) is 7.25. The van der Waals surface area contributed by atoms with E-state index in [0.29, 0.717) is 11.5 Å². The van der Waals surface area contributed by atoms with Crippen molar-refractivity contribution in [1.82, 2.24) is 4.90 Å². The third kappa shape index (κ3) is 6.06. The van der Waals surface area contributed by atoms with Gasteiger partial charge in [0.25, 0.3) is 11.1 Å². The average Bonchev–Trinajstić information content (AvgIpc) is 3.39. The van der Waals surface area contributed by atoms with Crippen LogP contribution in [-0.4, -0.2) is 29.1 Å². The summed E-state index contributed by atoms with van der Waals surface area (Å²) in [6, 6.07) is 12.8. The van der Waals surface area contributed by atoms with E-state index in [4.69, 9.17) is 9.15 Å². The molecule has 2 aromatic carbocycles. The Hall–Kier alpha value is -2.39. The zero-order chi connectivity index (χ0) is 25.1. The maximum atomic E-state index is 13.1. The van der Waals surface area contributed by atoms with Crippen LogP contribution in [0.25, 0.3) is 6.08 Å². The molecule has 7 nitrogen and oxygen atoms in total. The van der Waals surface area contributed by atoms with E-state index in [1.54, 1.807) is 18.2 Å². The molecule has 2 amide bonds. The van der Waals surface area contributed by atoms with Crippen molar-refractivity contribution in [2.75, 3.05) is 7.11 Å². The Kier molecular flexibility index (Phi) is 8.16. The number of rotatable bonds is 7. The van der Waals surface area contributed by atoms with Crippen LogP contribution >= 0.6 is 56.9 Å². The van der Waals surface area contributed by atoms with Gasteiger partial charge in [0.1, 0.15) is 23.9 Å². The molecule has 1 saturated heterocycles. The molecule has 3 aromatic rings. The number of methoxy groups -OCH3 is 1. The van der Waals surface area contributed by atoms with E-state index in [2.05, 4.69) is 49.9 Å². The summed E-state index contributed by atoms with van der Waals surface area (Å²) < 4.78 is 30.7. The van der Waals surface area contributed by atoms with Crippen LogP contribution in [-0.2, 0) is 22.7 Å². The zero-order valence-electron chi connectivity index (χ0n) is 18.0. The lowest BCUT2D eigenvalue weighted by Crippen LogP contribution is -2.27. The molecule has 1 aromatic heterocycles. The molecule has 1 fully saturated rings. The maximum absolute atomic E-state index is 13.1. The first-order valence-electron chi connectivity index (χ1n) is 10.0. The predicted octanol–water partition coefficient (Wildman–Crippen LogP) is 6.23. The van der Waals surface area contributed by atoms with Crippen LogP contribution in [0.2, 0.25) is 0 Å². The summed E-state index contributed by atoms with van der Waals surface area (Å²) in [7, 11) is 1.23. The molecular formula is C24H16FI2NO6S. The van der Waals surface area contributed by atoms with E-state index >= 15 is 0 Å². The lowest BCUT2D eigenvalue weighted by molar-refractivity contribution is -0.123. The first kappa shape index (κ1) is 25.7. The molecule has 4 rings (SSSR count). The van der Waals surface area contributed by atoms with Gasteiger partial charge < -0.3 is 13.9 Å². The number of imide groups is 1. The van der Waals surface area contributed by atoms with Crippen molar-refractivity contribution in [3.63, 3.8) is 0 Å². The van der Waals surface area contributed by atoms with Crippen molar-refractivity contribution in [3.05, 3.63) is 89.0 Å². The summed E-state index contributed by atoms with van der Waals surface area (Å²) >= 11 is 5.13. The van der Waals surface area contributed by atoms with Crippen molar-refractivity contribution >= 4 is 80.1 Å². The van der Waals surface area contributed by atoms with E-state index in [0.717, 1.165) is 34.9 Å². The van der Waals surface area contributed by atoms with Gasteiger partial charge in [-0.25, -0.2) is 9.18 Å². The molecule has 2 heterocycles. The van der Waals surface area contributed by atoms with Crippen LogP contribution in [0.4, 0.5) is 9.18 Å². The monoisotopic (exact) mass is 719 g/mol. The Morgan fingerprint density at radius 1 is 1.11 bits per heavy atom. The molecule has 1 aliphatic rings. The van der Waals surface area contributed by atoms with Gasteiger partial charge in [0, 0.05) is 0 Å². The minimum atomic E-state index is -0.639. The van der Waals surface area contributed by atoms with Crippen molar-refractivity contribution in [1.29, 1.82) is 0 Å². The molecule has 0 aliphatic carbocycles. The molecule has 180 valence electrons. The fraction of sp³-hybridized carbons (Fsp3) is 0.125. The smallest absolute Gasteiger partial charge is 0.373 e. The number of carbonyl (C=O) groups excluding carboxylic acids is 3. The Balaban J connectivity index is 1.47. The number of halogens is 3. The van der Waals surface area contributed by atoms with Gasteiger partial charge in [-0.2, -0.15) is 0 Å². The summed E-state index contributed by atoms with van der Waals surface area (Å²) in [6.45, 7) is 0.194. The minimum absolute atomic E-state index is 0.00380. The molecule has 1 aliphatic heterocycles. The van der Waals surface area contributed by atoms with Gasteiger partial charge in [0.2, 0.25) is 5.76 Å². The highest BCUT2D eigenvalue weighted by Crippen LogP contribution is 2.36. The number of thioether (sulfide) groups is 1. The third-order valence-electron chi connectivity index (χ3n) is 4.85. The number of amides is 2. The molecule has 35 heavy (non-hydrogen) atoms. The summed E-state index contributed by atoms with van der Waals surface area (Å²) in [5.74, 6) is -0.421. The van der Waals surface area contributed by atoms with Crippen molar-refractivity contribution in [2.45, 2.75) is 13.2 Å². The number of carbonyl (C=O) groups is 3. The standard InChI is InChI=1S/C24H16FI2NO6S/c1-32-23(30)19-7-6-16(34-19)11-28-22(29)20(35-24(28)31)10-14-8-17(26)21(18(27)9-14)33-12-13-2-4-15(25)5-3-13/h2-10H,11-12H2,1H3/b20-10+. The Morgan fingerprint density at radius 2 is 1.80 bits per heavy atom. The number of hydrogen-bond acceptors (Lipinski definition) is 7. The first-order chi connectivity index (χ1) is 16.7. The highest BCUT2D eigenvalue weighted by molar-refractivity contribution is 14.1. The van der Waals surface area contributed by atoms with Crippen LogP contribution in [0, 0.1) is 13.0 Å². The zero-order valence-corrected chi connectivity index (χ0v) is 23.2. The van der Waals surface area contributed by atoms with Crippen molar-refractivity contribution in [3.8, 4) is 5.75 Å². The quantitative estimate of drug-likeness (QED) is 0.163. The Bertz CT molecular complexity index is 1320. The molecule has 11 heteroatoms. The first-order valence-corrected chi connectivity index (χ1v) is 13.0. The summed E-state index contributed by atoms with van der Waals surface area (Å²) in [5.41, 5.74) is 1.58. The van der Waals surface area contributed by atoms with Crippen LogP contribution in [0.15, 0.2) is 57.9 Å². The van der Waals surface area contributed by atoms with Crippen LogP contribution in [0.1, 0.15) is 27.4 Å². The Morgan fingerprint density at radius 3 is 2.46 bits per heavy atom. The third-order valence-corrected chi connectivity index (χ3v) is 7.36. The fourth-order valence-electron chi connectivity index (χ4n) is 3.15. The lowest BCUT2D eigenvalue weighted by atomic mass is 10.2. The number of furan rings is 1. The van der Waals surface area contributed by atoms with Crippen LogP contribution in [0.5, 0.6) is 5.75 Å².